The maximum Gasteiger partial charge on any atom is 0.115 e. The van der Waals surface area contributed by atoms with Crippen molar-refractivity contribution >= 4 is 0 Å². The maximum absolute atomic E-state index is 9.53. The van der Waals surface area contributed by atoms with E-state index in [1.54, 1.807) is 0 Å². The summed E-state index contributed by atoms with van der Waals surface area (Å²) in [5.74, 6) is 1.49. The standard InChI is InChI=1S/C19H21NO/c1-20-11-10-17-15-4-2-3-5-16(15)18(12-19(17)20)13-6-8-14(21)9-7-13/h2-9,17-19,21H,10-12H2,1H3/t17-,18-,19-/m1/s1. The van der Waals surface area contributed by atoms with Gasteiger partial charge in [-0.3, -0.25) is 0 Å². The van der Waals surface area contributed by atoms with Crippen molar-refractivity contribution in [1.29, 1.82) is 0 Å². The average molecular weight is 279 g/mol. The van der Waals surface area contributed by atoms with E-state index >= 15 is 0 Å². The van der Waals surface area contributed by atoms with E-state index in [4.69, 9.17) is 0 Å². The number of hydrogen-bond acceptors (Lipinski definition) is 2. The number of fused-ring (bicyclic) bond motifs is 3. The third-order valence-corrected chi connectivity index (χ3v) is 5.37. The van der Waals surface area contributed by atoms with Crippen LogP contribution in [0.25, 0.3) is 0 Å². The Bertz CT molecular complexity index is 649. The molecular formula is C19H21NO. The van der Waals surface area contributed by atoms with E-state index in [2.05, 4.69) is 48.3 Å². The lowest BCUT2D eigenvalue weighted by Gasteiger charge is -2.37. The molecule has 2 nitrogen and oxygen atoms in total. The molecule has 2 aliphatic rings. The molecule has 0 unspecified atom stereocenters. The van der Waals surface area contributed by atoms with Gasteiger partial charge >= 0.3 is 0 Å². The summed E-state index contributed by atoms with van der Waals surface area (Å²) >= 11 is 0. The molecule has 21 heavy (non-hydrogen) atoms. The summed E-state index contributed by atoms with van der Waals surface area (Å²) in [5, 5.41) is 9.53. The van der Waals surface area contributed by atoms with E-state index in [0.717, 1.165) is 0 Å². The van der Waals surface area contributed by atoms with Gasteiger partial charge in [0.25, 0.3) is 0 Å². The molecule has 0 amide bonds. The second-order valence-corrected chi connectivity index (χ2v) is 6.45. The quantitative estimate of drug-likeness (QED) is 0.860. The van der Waals surface area contributed by atoms with Crippen molar-refractivity contribution in [1.82, 2.24) is 4.90 Å². The third kappa shape index (κ3) is 2.06. The number of phenolic OH excluding ortho intramolecular Hbond substituents is 1. The summed E-state index contributed by atoms with van der Waals surface area (Å²) in [4.78, 5) is 2.52. The second-order valence-electron chi connectivity index (χ2n) is 6.45. The van der Waals surface area contributed by atoms with Crippen molar-refractivity contribution in [3.63, 3.8) is 0 Å². The highest BCUT2D eigenvalue weighted by Crippen LogP contribution is 2.47. The summed E-state index contributed by atoms with van der Waals surface area (Å²) in [6, 6.07) is 17.4. The molecule has 0 spiro atoms. The number of benzene rings is 2. The van der Waals surface area contributed by atoms with Gasteiger partial charge in [-0.1, -0.05) is 36.4 Å². The number of hydrogen-bond donors (Lipinski definition) is 1. The Hall–Kier alpha value is -1.80. The molecule has 1 aliphatic carbocycles. The van der Waals surface area contributed by atoms with Crippen LogP contribution in [0.1, 0.15) is 41.4 Å². The minimum atomic E-state index is 0.346. The number of rotatable bonds is 1. The normalized spacial score (nSPS) is 28.1. The lowest BCUT2D eigenvalue weighted by Crippen LogP contribution is -2.34. The Balaban J connectivity index is 1.81. The first-order chi connectivity index (χ1) is 10.2. The van der Waals surface area contributed by atoms with Crippen molar-refractivity contribution < 1.29 is 5.11 Å². The van der Waals surface area contributed by atoms with Crippen LogP contribution in [-0.2, 0) is 0 Å². The van der Waals surface area contributed by atoms with E-state index in [1.807, 2.05) is 12.1 Å². The van der Waals surface area contributed by atoms with Gasteiger partial charge in [-0.05, 0) is 55.3 Å². The molecule has 2 aromatic carbocycles. The molecule has 1 fully saturated rings. The van der Waals surface area contributed by atoms with Crippen molar-refractivity contribution in [2.24, 2.45) is 0 Å². The molecule has 0 radical (unpaired) electrons. The van der Waals surface area contributed by atoms with Crippen LogP contribution in [0.2, 0.25) is 0 Å². The summed E-state index contributed by atoms with van der Waals surface area (Å²) in [5.41, 5.74) is 4.34. The van der Waals surface area contributed by atoms with Gasteiger partial charge in [0.05, 0.1) is 0 Å². The Morgan fingerprint density at radius 2 is 1.71 bits per heavy atom. The maximum atomic E-state index is 9.53. The van der Waals surface area contributed by atoms with Crippen LogP contribution in [0.15, 0.2) is 48.5 Å². The van der Waals surface area contributed by atoms with E-state index < -0.39 is 0 Å². The van der Waals surface area contributed by atoms with Gasteiger partial charge in [0.15, 0.2) is 0 Å². The molecule has 0 bridgehead atoms. The summed E-state index contributed by atoms with van der Waals surface area (Å²) < 4.78 is 0. The van der Waals surface area contributed by atoms with E-state index in [9.17, 15) is 5.11 Å². The molecule has 1 heterocycles. The highest BCUT2D eigenvalue weighted by molar-refractivity contribution is 5.44. The van der Waals surface area contributed by atoms with E-state index in [-0.39, 0.29) is 0 Å². The molecule has 3 atom stereocenters. The highest BCUT2D eigenvalue weighted by Gasteiger charge is 2.40. The summed E-state index contributed by atoms with van der Waals surface area (Å²) in [7, 11) is 2.26. The molecule has 1 N–H and O–H groups in total. The number of phenols is 1. The Morgan fingerprint density at radius 1 is 1.00 bits per heavy atom. The van der Waals surface area contributed by atoms with Gasteiger partial charge in [0.1, 0.15) is 5.75 Å². The lowest BCUT2D eigenvalue weighted by molar-refractivity contribution is 0.265. The molecule has 4 rings (SSSR count). The van der Waals surface area contributed by atoms with Crippen molar-refractivity contribution in [3.8, 4) is 5.75 Å². The molecule has 2 heteroatoms. The van der Waals surface area contributed by atoms with Crippen molar-refractivity contribution in [2.75, 3.05) is 13.6 Å². The van der Waals surface area contributed by atoms with Crippen LogP contribution in [0.5, 0.6) is 5.75 Å². The molecule has 0 aromatic heterocycles. The minimum absolute atomic E-state index is 0.346. The highest BCUT2D eigenvalue weighted by atomic mass is 16.3. The van der Waals surface area contributed by atoms with Gasteiger partial charge in [-0.15, -0.1) is 0 Å². The minimum Gasteiger partial charge on any atom is -0.508 e. The molecule has 108 valence electrons. The van der Waals surface area contributed by atoms with Crippen molar-refractivity contribution in [3.05, 3.63) is 65.2 Å². The molecule has 1 saturated heterocycles. The number of aromatic hydroxyl groups is 1. The molecule has 2 aromatic rings. The Labute approximate surface area is 126 Å². The van der Waals surface area contributed by atoms with Crippen LogP contribution >= 0.6 is 0 Å². The van der Waals surface area contributed by atoms with Gasteiger partial charge < -0.3 is 10.0 Å². The van der Waals surface area contributed by atoms with Gasteiger partial charge in [0.2, 0.25) is 0 Å². The topological polar surface area (TPSA) is 23.5 Å². The third-order valence-electron chi connectivity index (χ3n) is 5.37. The molecule has 1 aliphatic heterocycles. The number of likely N-dealkylation sites (N-methyl/N-ethyl adjacent to an activating group) is 1. The molecular weight excluding hydrogens is 258 g/mol. The zero-order valence-corrected chi connectivity index (χ0v) is 12.4. The Morgan fingerprint density at radius 3 is 2.48 bits per heavy atom. The lowest BCUT2D eigenvalue weighted by atomic mass is 9.71. The average Bonchev–Trinajstić information content (AvgIpc) is 2.89. The fraction of sp³-hybridized carbons (Fsp3) is 0.368. The van der Waals surface area contributed by atoms with Crippen molar-refractivity contribution in [2.45, 2.75) is 30.7 Å². The predicted molar refractivity (Wildman–Crippen MR) is 84.8 cm³/mol. The zero-order chi connectivity index (χ0) is 14.4. The fourth-order valence-electron chi connectivity index (χ4n) is 4.27. The Kier molecular flexibility index (Phi) is 3.00. The largest absolute Gasteiger partial charge is 0.508 e. The van der Waals surface area contributed by atoms with Gasteiger partial charge in [-0.2, -0.15) is 0 Å². The molecule has 0 saturated carbocycles. The SMILES string of the molecule is CN1CC[C@@H]2c3ccccc3[C@@H](c3ccc(O)cc3)C[C@H]21. The fourth-order valence-corrected chi connectivity index (χ4v) is 4.27. The monoisotopic (exact) mass is 279 g/mol. The van der Waals surface area contributed by atoms with Gasteiger partial charge in [-0.25, -0.2) is 0 Å². The van der Waals surface area contributed by atoms with Crippen LogP contribution < -0.4 is 0 Å². The second kappa shape index (κ2) is 4.88. The van der Waals surface area contributed by atoms with E-state index in [0.29, 0.717) is 23.6 Å². The zero-order valence-electron chi connectivity index (χ0n) is 12.4. The first-order valence-corrected chi connectivity index (χ1v) is 7.82. The van der Waals surface area contributed by atoms with Crippen LogP contribution in [-0.4, -0.2) is 29.6 Å². The summed E-state index contributed by atoms with van der Waals surface area (Å²) in [6.45, 7) is 1.20. The van der Waals surface area contributed by atoms with Crippen LogP contribution in [0.4, 0.5) is 0 Å². The van der Waals surface area contributed by atoms with Crippen LogP contribution in [0.3, 0.4) is 0 Å². The van der Waals surface area contributed by atoms with E-state index in [1.165, 1.54) is 36.1 Å². The number of likely N-dealkylation sites (tertiary alicyclic amines) is 1. The van der Waals surface area contributed by atoms with Crippen LogP contribution in [0, 0.1) is 0 Å². The number of nitrogens with zero attached hydrogens (tertiary/aromatic N) is 1. The smallest absolute Gasteiger partial charge is 0.115 e. The van der Waals surface area contributed by atoms with Gasteiger partial charge in [0, 0.05) is 17.9 Å². The first-order valence-electron chi connectivity index (χ1n) is 7.82. The first kappa shape index (κ1) is 12.9. The predicted octanol–water partition coefficient (Wildman–Crippen LogP) is 3.72. The summed E-state index contributed by atoms with van der Waals surface area (Å²) in [6.07, 6.45) is 2.46.